The average molecular weight is 199 g/mol. The summed E-state index contributed by atoms with van der Waals surface area (Å²) in [6, 6.07) is 10.8. The molecule has 1 unspecified atom stereocenters. The third kappa shape index (κ3) is 3.11. The van der Waals surface area contributed by atoms with E-state index in [1.165, 1.54) is 18.4 Å². The second-order valence-electron chi connectivity index (χ2n) is 4.09. The Morgan fingerprint density at radius 3 is 2.67 bits per heavy atom. The van der Waals surface area contributed by atoms with E-state index in [9.17, 15) is 0 Å². The maximum absolute atomic E-state index is 3.32. The van der Waals surface area contributed by atoms with Gasteiger partial charge in [0.1, 0.15) is 0 Å². The lowest BCUT2D eigenvalue weighted by Gasteiger charge is -2.05. The topological polar surface area (TPSA) is 12.0 Å². The fourth-order valence-electron chi connectivity index (χ4n) is 1.71. The minimum Gasteiger partial charge on any atom is -0.307 e. The molecule has 2 rings (SSSR count). The van der Waals surface area contributed by atoms with Gasteiger partial charge in [-0.25, -0.2) is 0 Å². The zero-order chi connectivity index (χ0) is 10.5. The molecule has 1 N–H and O–H groups in total. The highest BCUT2D eigenvalue weighted by Gasteiger charge is 2.28. The highest BCUT2D eigenvalue weighted by molar-refractivity contribution is 5.22. The summed E-state index contributed by atoms with van der Waals surface area (Å²) in [6.45, 7) is 0. The molecule has 15 heavy (non-hydrogen) atoms. The molecule has 0 spiro atoms. The van der Waals surface area contributed by atoms with Crippen LogP contribution in [0.4, 0.5) is 0 Å². The molecule has 1 fully saturated rings. The molecular formula is C14H17N. The third-order valence-corrected chi connectivity index (χ3v) is 2.80. The van der Waals surface area contributed by atoms with E-state index in [0.717, 1.165) is 12.3 Å². The summed E-state index contributed by atoms with van der Waals surface area (Å²) < 4.78 is 0. The number of hydrogen-bond acceptors (Lipinski definition) is 1. The molecule has 78 valence electrons. The number of nitrogens with one attached hydrogen (secondary N) is 1. The monoisotopic (exact) mass is 199 g/mol. The van der Waals surface area contributed by atoms with Gasteiger partial charge in [-0.15, -0.1) is 0 Å². The van der Waals surface area contributed by atoms with E-state index in [-0.39, 0.29) is 0 Å². The van der Waals surface area contributed by atoms with E-state index in [0.29, 0.717) is 6.04 Å². The van der Waals surface area contributed by atoms with Crippen molar-refractivity contribution in [3.8, 4) is 11.8 Å². The van der Waals surface area contributed by atoms with E-state index in [1.807, 2.05) is 13.1 Å². The van der Waals surface area contributed by atoms with Gasteiger partial charge < -0.3 is 5.32 Å². The normalized spacial score (nSPS) is 16.6. The van der Waals surface area contributed by atoms with Gasteiger partial charge in [0.25, 0.3) is 0 Å². The van der Waals surface area contributed by atoms with Crippen LogP contribution in [-0.2, 0) is 6.42 Å². The SMILES string of the molecule is CNC(C#CCc1ccccc1)C1CC1. The molecular weight excluding hydrogens is 182 g/mol. The van der Waals surface area contributed by atoms with Gasteiger partial charge in [-0.05, 0) is 31.4 Å². The molecule has 0 aromatic heterocycles. The Balaban J connectivity index is 1.89. The van der Waals surface area contributed by atoms with Crippen molar-refractivity contribution >= 4 is 0 Å². The fourth-order valence-corrected chi connectivity index (χ4v) is 1.71. The molecule has 1 aromatic rings. The van der Waals surface area contributed by atoms with Gasteiger partial charge in [0.05, 0.1) is 6.04 Å². The Labute approximate surface area is 91.9 Å². The van der Waals surface area contributed by atoms with Crippen molar-refractivity contribution < 1.29 is 0 Å². The summed E-state index contributed by atoms with van der Waals surface area (Å²) in [5.74, 6) is 7.38. The van der Waals surface area contributed by atoms with E-state index in [4.69, 9.17) is 0 Å². The molecule has 1 aliphatic carbocycles. The molecule has 1 nitrogen and oxygen atoms in total. The van der Waals surface area contributed by atoms with Crippen LogP contribution in [0.2, 0.25) is 0 Å². The van der Waals surface area contributed by atoms with E-state index in [1.54, 1.807) is 0 Å². The van der Waals surface area contributed by atoms with Crippen molar-refractivity contribution in [1.29, 1.82) is 0 Å². The highest BCUT2D eigenvalue weighted by atomic mass is 14.9. The summed E-state index contributed by atoms with van der Waals surface area (Å²) in [4.78, 5) is 0. The van der Waals surface area contributed by atoms with Gasteiger partial charge in [0.2, 0.25) is 0 Å². The van der Waals surface area contributed by atoms with Crippen LogP contribution < -0.4 is 5.32 Å². The van der Waals surface area contributed by atoms with Crippen molar-refractivity contribution in [2.45, 2.75) is 25.3 Å². The Morgan fingerprint density at radius 2 is 2.07 bits per heavy atom. The van der Waals surface area contributed by atoms with Gasteiger partial charge in [0, 0.05) is 6.42 Å². The summed E-state index contributed by atoms with van der Waals surface area (Å²) in [7, 11) is 2.00. The van der Waals surface area contributed by atoms with Gasteiger partial charge in [-0.3, -0.25) is 0 Å². The zero-order valence-corrected chi connectivity index (χ0v) is 9.16. The summed E-state index contributed by atoms with van der Waals surface area (Å²) in [5, 5.41) is 3.28. The second-order valence-corrected chi connectivity index (χ2v) is 4.09. The molecule has 0 aliphatic heterocycles. The van der Waals surface area contributed by atoms with Crippen LogP contribution in [0.25, 0.3) is 0 Å². The first-order chi connectivity index (χ1) is 7.40. The standard InChI is InChI=1S/C14H17N/c1-15-14(13-10-11-13)9-5-8-12-6-3-2-4-7-12/h2-4,6-7,13-15H,8,10-11H2,1H3. The van der Waals surface area contributed by atoms with Crippen LogP contribution in [0.3, 0.4) is 0 Å². The molecule has 1 aliphatic rings. The molecule has 0 bridgehead atoms. The molecule has 0 amide bonds. The van der Waals surface area contributed by atoms with Crippen LogP contribution in [-0.4, -0.2) is 13.1 Å². The molecule has 1 atom stereocenters. The Hall–Kier alpha value is -1.26. The lowest BCUT2D eigenvalue weighted by molar-refractivity contribution is 0.613. The maximum atomic E-state index is 3.32. The molecule has 1 saturated carbocycles. The highest BCUT2D eigenvalue weighted by Crippen LogP contribution is 2.32. The summed E-state index contributed by atoms with van der Waals surface area (Å²) in [5.41, 5.74) is 1.30. The number of benzene rings is 1. The summed E-state index contributed by atoms with van der Waals surface area (Å²) >= 11 is 0. The van der Waals surface area contributed by atoms with Gasteiger partial charge in [-0.2, -0.15) is 0 Å². The van der Waals surface area contributed by atoms with Crippen molar-refractivity contribution in [3.05, 3.63) is 35.9 Å². The smallest absolute Gasteiger partial charge is 0.0715 e. The van der Waals surface area contributed by atoms with Crippen molar-refractivity contribution in [3.63, 3.8) is 0 Å². The van der Waals surface area contributed by atoms with Crippen LogP contribution in [0.1, 0.15) is 18.4 Å². The first kappa shape index (κ1) is 10.3. The van der Waals surface area contributed by atoms with Gasteiger partial charge in [0.15, 0.2) is 0 Å². The van der Waals surface area contributed by atoms with Gasteiger partial charge in [-0.1, -0.05) is 42.2 Å². The predicted molar refractivity (Wildman–Crippen MR) is 63.5 cm³/mol. The number of hydrogen-bond donors (Lipinski definition) is 1. The van der Waals surface area contributed by atoms with E-state index in [2.05, 4.69) is 41.4 Å². The largest absolute Gasteiger partial charge is 0.307 e. The average Bonchev–Trinajstić information content (AvgIpc) is 3.10. The number of rotatable bonds is 3. The molecule has 0 saturated heterocycles. The van der Waals surface area contributed by atoms with Crippen LogP contribution in [0.5, 0.6) is 0 Å². The van der Waals surface area contributed by atoms with Crippen LogP contribution in [0.15, 0.2) is 30.3 Å². The third-order valence-electron chi connectivity index (χ3n) is 2.80. The lowest BCUT2D eigenvalue weighted by atomic mass is 10.1. The van der Waals surface area contributed by atoms with Crippen LogP contribution >= 0.6 is 0 Å². The Morgan fingerprint density at radius 1 is 1.33 bits per heavy atom. The van der Waals surface area contributed by atoms with Crippen molar-refractivity contribution in [1.82, 2.24) is 5.32 Å². The lowest BCUT2D eigenvalue weighted by Crippen LogP contribution is -2.25. The zero-order valence-electron chi connectivity index (χ0n) is 9.16. The van der Waals surface area contributed by atoms with Crippen molar-refractivity contribution in [2.24, 2.45) is 5.92 Å². The fraction of sp³-hybridized carbons (Fsp3) is 0.429. The van der Waals surface area contributed by atoms with E-state index >= 15 is 0 Å². The Kier molecular flexibility index (Phi) is 3.42. The minimum atomic E-state index is 0.411. The maximum Gasteiger partial charge on any atom is 0.0715 e. The molecule has 0 heterocycles. The quantitative estimate of drug-likeness (QED) is 0.736. The molecule has 0 radical (unpaired) electrons. The molecule has 1 aromatic carbocycles. The van der Waals surface area contributed by atoms with Gasteiger partial charge >= 0.3 is 0 Å². The first-order valence-electron chi connectivity index (χ1n) is 5.59. The molecule has 1 heteroatoms. The van der Waals surface area contributed by atoms with Crippen molar-refractivity contribution in [2.75, 3.05) is 7.05 Å². The summed E-state index contributed by atoms with van der Waals surface area (Å²) in [6.07, 6.45) is 3.54. The second kappa shape index (κ2) is 5.00. The van der Waals surface area contributed by atoms with Crippen LogP contribution in [0, 0.1) is 17.8 Å². The Bertz CT molecular complexity index is 354. The van der Waals surface area contributed by atoms with E-state index < -0.39 is 0 Å². The predicted octanol–water partition coefficient (Wildman–Crippen LogP) is 2.23. The minimum absolute atomic E-state index is 0.411. The first-order valence-corrected chi connectivity index (χ1v) is 5.59.